The molecule has 3 amide bonds. The van der Waals surface area contributed by atoms with Gasteiger partial charge in [-0.1, -0.05) is 54.1 Å². The number of piperidine rings is 1. The van der Waals surface area contributed by atoms with Crippen molar-refractivity contribution >= 4 is 35.0 Å². The molecule has 0 aliphatic carbocycles. The van der Waals surface area contributed by atoms with Gasteiger partial charge in [0.15, 0.2) is 0 Å². The number of carbonyl (C=O) groups excluding carboxylic acids is 3. The normalized spacial score (nSPS) is 13.8. The van der Waals surface area contributed by atoms with E-state index in [2.05, 4.69) is 5.32 Å². The molecule has 0 saturated carbocycles. The third-order valence-corrected chi connectivity index (χ3v) is 6.52. The van der Waals surface area contributed by atoms with E-state index < -0.39 is 0 Å². The molecule has 3 aromatic carbocycles. The SMILES string of the molecule is CN(Cc1ccccc1)C(=O)c1ccccc1NC(=O)C1CCN(C(=O)c2ccc(Cl)cc2)CC1. The summed E-state index contributed by atoms with van der Waals surface area (Å²) in [5, 5.41) is 3.54. The average Bonchev–Trinajstić information content (AvgIpc) is 2.89. The number of hydrogen-bond donors (Lipinski definition) is 1. The number of anilines is 1. The van der Waals surface area contributed by atoms with Gasteiger partial charge in [-0.2, -0.15) is 0 Å². The summed E-state index contributed by atoms with van der Waals surface area (Å²) in [6.07, 6.45) is 1.13. The lowest BCUT2D eigenvalue weighted by molar-refractivity contribution is -0.121. The molecule has 1 saturated heterocycles. The van der Waals surface area contributed by atoms with Gasteiger partial charge < -0.3 is 15.1 Å². The second-order valence-corrected chi connectivity index (χ2v) is 9.19. The number of halogens is 1. The van der Waals surface area contributed by atoms with Crippen LogP contribution >= 0.6 is 11.6 Å². The van der Waals surface area contributed by atoms with E-state index in [0.29, 0.717) is 54.3 Å². The topological polar surface area (TPSA) is 69.7 Å². The third kappa shape index (κ3) is 6.08. The van der Waals surface area contributed by atoms with Gasteiger partial charge in [-0.3, -0.25) is 14.4 Å². The second-order valence-electron chi connectivity index (χ2n) is 8.76. The van der Waals surface area contributed by atoms with Crippen molar-refractivity contribution in [3.8, 4) is 0 Å². The lowest BCUT2D eigenvalue weighted by atomic mass is 9.95. The Morgan fingerprint density at radius 1 is 0.914 bits per heavy atom. The van der Waals surface area contributed by atoms with E-state index in [9.17, 15) is 14.4 Å². The van der Waals surface area contributed by atoms with Crippen LogP contribution in [0.4, 0.5) is 5.69 Å². The number of nitrogens with zero attached hydrogens (tertiary/aromatic N) is 2. The molecule has 0 unspecified atom stereocenters. The third-order valence-electron chi connectivity index (χ3n) is 6.27. The van der Waals surface area contributed by atoms with Crippen molar-refractivity contribution in [2.75, 3.05) is 25.5 Å². The molecule has 1 aliphatic heterocycles. The fraction of sp³-hybridized carbons (Fsp3) is 0.250. The molecule has 0 spiro atoms. The van der Waals surface area contributed by atoms with E-state index in [1.54, 1.807) is 65.4 Å². The van der Waals surface area contributed by atoms with E-state index in [1.807, 2.05) is 30.3 Å². The smallest absolute Gasteiger partial charge is 0.256 e. The van der Waals surface area contributed by atoms with E-state index >= 15 is 0 Å². The number of para-hydroxylation sites is 1. The molecule has 4 rings (SSSR count). The van der Waals surface area contributed by atoms with Crippen molar-refractivity contribution in [1.29, 1.82) is 0 Å². The zero-order valence-corrected chi connectivity index (χ0v) is 20.4. The Morgan fingerprint density at radius 2 is 1.54 bits per heavy atom. The molecule has 1 aliphatic rings. The summed E-state index contributed by atoms with van der Waals surface area (Å²) in [5.74, 6) is -0.574. The first-order valence-electron chi connectivity index (χ1n) is 11.7. The van der Waals surface area contributed by atoms with Crippen LogP contribution in [0.1, 0.15) is 39.1 Å². The lowest BCUT2D eigenvalue weighted by Crippen LogP contribution is -2.41. The largest absolute Gasteiger partial charge is 0.339 e. The minimum absolute atomic E-state index is 0.0575. The van der Waals surface area contributed by atoms with Gasteiger partial charge in [0.1, 0.15) is 0 Å². The van der Waals surface area contributed by atoms with Crippen LogP contribution in [-0.4, -0.2) is 47.7 Å². The summed E-state index contributed by atoms with van der Waals surface area (Å²) in [6.45, 7) is 1.47. The summed E-state index contributed by atoms with van der Waals surface area (Å²) in [4.78, 5) is 42.3. The molecule has 1 N–H and O–H groups in total. The first-order valence-corrected chi connectivity index (χ1v) is 12.0. The van der Waals surface area contributed by atoms with Crippen LogP contribution in [0, 0.1) is 5.92 Å². The van der Waals surface area contributed by atoms with Crippen LogP contribution < -0.4 is 5.32 Å². The minimum atomic E-state index is -0.227. The molecule has 6 nitrogen and oxygen atoms in total. The summed E-state index contributed by atoms with van der Waals surface area (Å²) >= 11 is 5.91. The highest BCUT2D eigenvalue weighted by atomic mass is 35.5. The van der Waals surface area contributed by atoms with Gasteiger partial charge in [-0.15, -0.1) is 0 Å². The monoisotopic (exact) mass is 489 g/mol. The highest BCUT2D eigenvalue weighted by Crippen LogP contribution is 2.24. The molecule has 0 aromatic heterocycles. The Balaban J connectivity index is 1.36. The number of hydrogen-bond acceptors (Lipinski definition) is 3. The average molecular weight is 490 g/mol. The molecule has 1 fully saturated rings. The van der Waals surface area contributed by atoms with Gasteiger partial charge in [0.2, 0.25) is 5.91 Å². The van der Waals surface area contributed by atoms with Crippen LogP contribution in [0.25, 0.3) is 0 Å². The van der Waals surface area contributed by atoms with Crippen molar-refractivity contribution in [2.45, 2.75) is 19.4 Å². The Bertz CT molecular complexity index is 1190. The van der Waals surface area contributed by atoms with E-state index in [0.717, 1.165) is 5.56 Å². The van der Waals surface area contributed by atoms with E-state index in [1.165, 1.54) is 0 Å². The van der Waals surface area contributed by atoms with E-state index in [4.69, 9.17) is 11.6 Å². The van der Waals surface area contributed by atoms with Crippen LogP contribution in [0.3, 0.4) is 0 Å². The summed E-state index contributed by atoms with van der Waals surface area (Å²) < 4.78 is 0. The standard InChI is InChI=1S/C28H28ClN3O3/c1-31(19-20-7-3-2-4-8-20)28(35)24-9-5-6-10-25(24)30-26(33)21-15-17-32(18-16-21)27(34)22-11-13-23(29)14-12-22/h2-14,21H,15-19H2,1H3,(H,30,33). The Morgan fingerprint density at radius 3 is 2.23 bits per heavy atom. The maximum Gasteiger partial charge on any atom is 0.256 e. The van der Waals surface area contributed by atoms with Crippen molar-refractivity contribution in [3.63, 3.8) is 0 Å². The second kappa shape index (κ2) is 11.2. The summed E-state index contributed by atoms with van der Waals surface area (Å²) in [7, 11) is 1.75. The molecule has 0 bridgehead atoms. The number of nitrogens with one attached hydrogen (secondary N) is 1. The molecule has 35 heavy (non-hydrogen) atoms. The first kappa shape index (κ1) is 24.5. The number of rotatable bonds is 6. The highest BCUT2D eigenvalue weighted by molar-refractivity contribution is 6.30. The van der Waals surface area contributed by atoms with Gasteiger partial charge in [-0.25, -0.2) is 0 Å². The molecule has 7 heteroatoms. The maximum absolute atomic E-state index is 13.1. The lowest BCUT2D eigenvalue weighted by Gasteiger charge is -2.31. The fourth-order valence-corrected chi connectivity index (χ4v) is 4.39. The molecule has 0 atom stereocenters. The molecule has 1 heterocycles. The van der Waals surface area contributed by atoms with Crippen LogP contribution in [0.15, 0.2) is 78.9 Å². The molecule has 3 aromatic rings. The molecular formula is C28H28ClN3O3. The van der Waals surface area contributed by atoms with Gasteiger partial charge in [0.25, 0.3) is 11.8 Å². The number of carbonyl (C=O) groups is 3. The predicted octanol–water partition coefficient (Wildman–Crippen LogP) is 5.10. The number of benzene rings is 3. The molecule has 180 valence electrons. The fourth-order valence-electron chi connectivity index (χ4n) is 4.27. The molecular weight excluding hydrogens is 462 g/mol. The van der Waals surface area contributed by atoms with Crippen LogP contribution in [0.5, 0.6) is 0 Å². The van der Waals surface area contributed by atoms with Crippen molar-refractivity contribution in [1.82, 2.24) is 9.80 Å². The summed E-state index contributed by atoms with van der Waals surface area (Å²) in [5.41, 5.74) is 2.57. The quantitative estimate of drug-likeness (QED) is 0.523. The number of likely N-dealkylation sites (tertiary alicyclic amines) is 1. The van der Waals surface area contributed by atoms with E-state index in [-0.39, 0.29) is 23.6 Å². The van der Waals surface area contributed by atoms with Crippen molar-refractivity contribution < 1.29 is 14.4 Å². The van der Waals surface area contributed by atoms with Gasteiger partial charge in [0.05, 0.1) is 11.3 Å². The van der Waals surface area contributed by atoms with Crippen LogP contribution in [-0.2, 0) is 11.3 Å². The highest BCUT2D eigenvalue weighted by Gasteiger charge is 2.28. The number of amides is 3. The van der Waals surface area contributed by atoms with Crippen molar-refractivity contribution in [3.05, 3.63) is 101 Å². The predicted molar refractivity (Wildman–Crippen MR) is 137 cm³/mol. The maximum atomic E-state index is 13.1. The zero-order chi connectivity index (χ0) is 24.8. The van der Waals surface area contributed by atoms with Gasteiger partial charge >= 0.3 is 0 Å². The minimum Gasteiger partial charge on any atom is -0.339 e. The van der Waals surface area contributed by atoms with Crippen molar-refractivity contribution in [2.24, 2.45) is 5.92 Å². The molecule has 0 radical (unpaired) electrons. The Hall–Kier alpha value is -3.64. The summed E-state index contributed by atoms with van der Waals surface area (Å²) in [6, 6.07) is 23.7. The Labute approximate surface area is 210 Å². The van der Waals surface area contributed by atoms with Crippen LogP contribution in [0.2, 0.25) is 5.02 Å². The Kier molecular flexibility index (Phi) is 7.83. The first-order chi connectivity index (χ1) is 16.9. The van der Waals surface area contributed by atoms with Gasteiger partial charge in [-0.05, 0) is 54.8 Å². The zero-order valence-electron chi connectivity index (χ0n) is 19.6. The van der Waals surface area contributed by atoms with Gasteiger partial charge in [0, 0.05) is 43.2 Å².